The predicted octanol–water partition coefficient (Wildman–Crippen LogP) is 3.17. The Labute approximate surface area is 140 Å². The molecule has 2 heterocycles. The van der Waals surface area contributed by atoms with E-state index in [1.807, 2.05) is 19.9 Å². The van der Waals surface area contributed by atoms with Crippen LogP contribution in [-0.4, -0.2) is 29.0 Å². The molecule has 2 aromatic rings. The van der Waals surface area contributed by atoms with Crippen molar-refractivity contribution in [1.82, 2.24) is 9.97 Å². The first-order valence-corrected chi connectivity index (χ1v) is 8.07. The summed E-state index contributed by atoms with van der Waals surface area (Å²) in [5.74, 6) is 0.240. The van der Waals surface area contributed by atoms with Crippen molar-refractivity contribution in [2.24, 2.45) is 5.41 Å². The van der Waals surface area contributed by atoms with Crippen molar-refractivity contribution in [2.45, 2.75) is 26.7 Å². The number of aryl methyl sites for hydroxylation is 1. The maximum Gasteiger partial charge on any atom is 0.232 e. The Morgan fingerprint density at radius 1 is 1.33 bits per heavy atom. The number of amides is 1. The third-order valence-corrected chi connectivity index (χ3v) is 4.48. The van der Waals surface area contributed by atoms with Gasteiger partial charge in [-0.2, -0.15) is 0 Å². The van der Waals surface area contributed by atoms with Crippen LogP contribution < -0.4 is 10.2 Å². The number of benzene rings is 1. The van der Waals surface area contributed by atoms with Gasteiger partial charge in [-0.15, -0.1) is 0 Å². The van der Waals surface area contributed by atoms with Crippen molar-refractivity contribution in [2.75, 3.05) is 23.3 Å². The number of anilines is 2. The smallest absolute Gasteiger partial charge is 0.232 e. The molecule has 1 aliphatic rings. The van der Waals surface area contributed by atoms with Crippen LogP contribution in [0.5, 0.6) is 0 Å². The fourth-order valence-electron chi connectivity index (χ4n) is 3.07. The largest absolute Gasteiger partial charge is 0.355 e. The Kier molecular flexibility index (Phi) is 4.46. The second kappa shape index (κ2) is 6.55. The molecule has 24 heavy (non-hydrogen) atoms. The lowest BCUT2D eigenvalue weighted by molar-refractivity contribution is -0.125. The van der Waals surface area contributed by atoms with Gasteiger partial charge >= 0.3 is 0 Å². The van der Waals surface area contributed by atoms with E-state index >= 15 is 0 Å². The van der Waals surface area contributed by atoms with E-state index in [1.165, 1.54) is 12.4 Å². The van der Waals surface area contributed by atoms with Crippen molar-refractivity contribution in [3.8, 4) is 0 Å². The van der Waals surface area contributed by atoms with E-state index in [4.69, 9.17) is 0 Å². The summed E-state index contributed by atoms with van der Waals surface area (Å²) in [5, 5.41) is 2.73. The lowest BCUT2D eigenvalue weighted by Gasteiger charge is -2.39. The monoisotopic (exact) mass is 328 g/mol. The van der Waals surface area contributed by atoms with Gasteiger partial charge in [-0.1, -0.05) is 12.1 Å². The molecule has 0 radical (unpaired) electrons. The molecule has 0 spiro atoms. The number of piperidine rings is 1. The number of carbonyl (C=O) groups excluding carboxylic acids is 1. The molecule has 1 fully saturated rings. The van der Waals surface area contributed by atoms with Gasteiger partial charge in [0.1, 0.15) is 18.0 Å². The summed E-state index contributed by atoms with van der Waals surface area (Å²) in [5.41, 5.74) is 0.515. The molecule has 1 aliphatic heterocycles. The first kappa shape index (κ1) is 16.4. The SMILES string of the molecule is Cc1cc(N2CCC[C@@](C)(C(=O)Nc3ccccc3F)C2)ncn1. The summed E-state index contributed by atoms with van der Waals surface area (Å²) < 4.78 is 13.8. The molecule has 5 nitrogen and oxygen atoms in total. The first-order chi connectivity index (χ1) is 11.5. The number of halogens is 1. The van der Waals surface area contributed by atoms with Crippen LogP contribution in [0.4, 0.5) is 15.9 Å². The van der Waals surface area contributed by atoms with Gasteiger partial charge in [-0.25, -0.2) is 14.4 Å². The Balaban J connectivity index is 1.76. The molecule has 1 amide bonds. The third-order valence-electron chi connectivity index (χ3n) is 4.48. The molecule has 1 N–H and O–H groups in total. The average molecular weight is 328 g/mol. The summed E-state index contributed by atoms with van der Waals surface area (Å²) in [6.45, 7) is 5.23. The Morgan fingerprint density at radius 2 is 2.12 bits per heavy atom. The molecule has 1 aromatic heterocycles. The second-order valence-corrected chi connectivity index (χ2v) is 6.54. The van der Waals surface area contributed by atoms with Crippen molar-refractivity contribution >= 4 is 17.4 Å². The Morgan fingerprint density at radius 3 is 2.88 bits per heavy atom. The topological polar surface area (TPSA) is 58.1 Å². The van der Waals surface area contributed by atoms with Gasteiger partial charge in [-0.3, -0.25) is 4.79 Å². The second-order valence-electron chi connectivity index (χ2n) is 6.54. The lowest BCUT2D eigenvalue weighted by atomic mass is 9.81. The number of hydrogen-bond acceptors (Lipinski definition) is 4. The zero-order valence-electron chi connectivity index (χ0n) is 13.9. The van der Waals surface area contributed by atoms with E-state index in [0.29, 0.717) is 6.54 Å². The maximum absolute atomic E-state index is 13.8. The van der Waals surface area contributed by atoms with E-state index in [2.05, 4.69) is 20.2 Å². The highest BCUT2D eigenvalue weighted by atomic mass is 19.1. The number of para-hydroxylation sites is 1. The average Bonchev–Trinajstić information content (AvgIpc) is 2.57. The Bertz CT molecular complexity index is 751. The van der Waals surface area contributed by atoms with Crippen LogP contribution in [0.15, 0.2) is 36.7 Å². The minimum Gasteiger partial charge on any atom is -0.355 e. The van der Waals surface area contributed by atoms with E-state index in [-0.39, 0.29) is 11.6 Å². The number of rotatable bonds is 3. The summed E-state index contributed by atoms with van der Waals surface area (Å²) in [6.07, 6.45) is 3.17. The van der Waals surface area contributed by atoms with E-state index < -0.39 is 11.2 Å². The maximum atomic E-state index is 13.8. The summed E-state index contributed by atoms with van der Waals surface area (Å²) in [6, 6.07) is 8.14. The lowest BCUT2D eigenvalue weighted by Crippen LogP contribution is -2.48. The molecular weight excluding hydrogens is 307 g/mol. The zero-order chi connectivity index (χ0) is 17.2. The Hall–Kier alpha value is -2.50. The highest BCUT2D eigenvalue weighted by Gasteiger charge is 2.38. The van der Waals surface area contributed by atoms with Gasteiger partial charge in [0.2, 0.25) is 5.91 Å². The highest BCUT2D eigenvalue weighted by Crippen LogP contribution is 2.33. The fourth-order valence-corrected chi connectivity index (χ4v) is 3.07. The van der Waals surface area contributed by atoms with Crippen molar-refractivity contribution in [1.29, 1.82) is 0 Å². The molecule has 6 heteroatoms. The summed E-state index contributed by atoms with van der Waals surface area (Å²) in [4.78, 5) is 23.3. The molecule has 1 atom stereocenters. The fraction of sp³-hybridized carbons (Fsp3) is 0.389. The number of hydrogen-bond donors (Lipinski definition) is 1. The molecule has 126 valence electrons. The number of nitrogens with one attached hydrogen (secondary N) is 1. The van der Waals surface area contributed by atoms with Crippen LogP contribution in [0.2, 0.25) is 0 Å². The summed E-state index contributed by atoms with van der Waals surface area (Å²) >= 11 is 0. The van der Waals surface area contributed by atoms with Gasteiger partial charge in [0.15, 0.2) is 0 Å². The van der Waals surface area contributed by atoms with E-state index in [1.54, 1.807) is 18.2 Å². The van der Waals surface area contributed by atoms with Crippen LogP contribution in [0.25, 0.3) is 0 Å². The molecule has 1 saturated heterocycles. The molecular formula is C18H21FN4O. The minimum atomic E-state index is -0.598. The van der Waals surface area contributed by atoms with Crippen LogP contribution in [-0.2, 0) is 4.79 Å². The van der Waals surface area contributed by atoms with Crippen LogP contribution >= 0.6 is 0 Å². The van der Waals surface area contributed by atoms with Crippen molar-refractivity contribution in [3.63, 3.8) is 0 Å². The van der Waals surface area contributed by atoms with E-state index in [0.717, 1.165) is 30.9 Å². The minimum absolute atomic E-state index is 0.164. The molecule has 0 bridgehead atoms. The standard InChI is InChI=1S/C18H21FN4O/c1-13-10-16(21-12-20-13)23-9-5-8-18(2,11-23)17(24)22-15-7-4-3-6-14(15)19/h3-4,6-7,10,12H,5,8-9,11H2,1-2H3,(H,22,24)/t18-/m1/s1. The van der Waals surface area contributed by atoms with E-state index in [9.17, 15) is 9.18 Å². The normalized spacial score (nSPS) is 20.7. The molecule has 0 aliphatic carbocycles. The predicted molar refractivity (Wildman–Crippen MR) is 91.4 cm³/mol. The number of nitrogens with zero attached hydrogens (tertiary/aromatic N) is 3. The van der Waals surface area contributed by atoms with Gasteiger partial charge in [-0.05, 0) is 38.8 Å². The van der Waals surface area contributed by atoms with Crippen LogP contribution in [0.3, 0.4) is 0 Å². The quantitative estimate of drug-likeness (QED) is 0.940. The van der Waals surface area contributed by atoms with Crippen LogP contribution in [0, 0.1) is 18.2 Å². The van der Waals surface area contributed by atoms with Gasteiger partial charge < -0.3 is 10.2 Å². The highest BCUT2D eigenvalue weighted by molar-refractivity contribution is 5.95. The van der Waals surface area contributed by atoms with Gasteiger partial charge in [0, 0.05) is 24.8 Å². The number of aromatic nitrogens is 2. The van der Waals surface area contributed by atoms with Crippen molar-refractivity contribution < 1.29 is 9.18 Å². The summed E-state index contributed by atoms with van der Waals surface area (Å²) in [7, 11) is 0. The number of carbonyl (C=O) groups is 1. The van der Waals surface area contributed by atoms with Gasteiger partial charge in [0.25, 0.3) is 0 Å². The van der Waals surface area contributed by atoms with Crippen LogP contribution in [0.1, 0.15) is 25.5 Å². The first-order valence-electron chi connectivity index (χ1n) is 8.07. The molecule has 0 saturated carbocycles. The van der Waals surface area contributed by atoms with Crippen molar-refractivity contribution in [3.05, 3.63) is 48.2 Å². The molecule has 0 unspecified atom stereocenters. The molecule has 3 rings (SSSR count). The molecule has 1 aromatic carbocycles. The zero-order valence-corrected chi connectivity index (χ0v) is 13.9. The van der Waals surface area contributed by atoms with Gasteiger partial charge in [0.05, 0.1) is 11.1 Å². The third kappa shape index (κ3) is 3.37.